The van der Waals surface area contributed by atoms with Gasteiger partial charge in [-0.05, 0) is 56.7 Å². The molecule has 0 spiro atoms. The minimum absolute atomic E-state index is 0.630. The van der Waals surface area contributed by atoms with Gasteiger partial charge in [0.05, 0.1) is 0 Å². The molecule has 0 fully saturated rings. The van der Waals surface area contributed by atoms with Gasteiger partial charge in [0.25, 0.3) is 0 Å². The Labute approximate surface area is 165 Å². The lowest BCUT2D eigenvalue weighted by atomic mass is 9.58. The fraction of sp³-hybridized carbons (Fsp3) is 0.308. The quantitative estimate of drug-likeness (QED) is 0.532. The number of benzene rings is 3. The van der Waals surface area contributed by atoms with Crippen LogP contribution in [0.25, 0.3) is 11.1 Å². The van der Waals surface area contributed by atoms with E-state index < -0.39 is 0 Å². The van der Waals surface area contributed by atoms with Crippen LogP contribution in [-0.4, -0.2) is 7.28 Å². The van der Waals surface area contributed by atoms with Gasteiger partial charge in [-0.3, -0.25) is 0 Å². The zero-order valence-corrected chi connectivity index (χ0v) is 17.7. The van der Waals surface area contributed by atoms with Crippen molar-refractivity contribution in [3.63, 3.8) is 0 Å². The van der Waals surface area contributed by atoms with Crippen molar-refractivity contribution in [2.75, 3.05) is 0 Å². The van der Waals surface area contributed by atoms with E-state index in [9.17, 15) is 0 Å². The summed E-state index contributed by atoms with van der Waals surface area (Å²) in [5.41, 5.74) is 12.7. The second kappa shape index (κ2) is 8.17. The van der Waals surface area contributed by atoms with E-state index in [-0.39, 0.29) is 0 Å². The highest BCUT2D eigenvalue weighted by Gasteiger charge is 2.14. The molecule has 0 N–H and O–H groups in total. The molecular formula is C26H31B. The summed E-state index contributed by atoms with van der Waals surface area (Å²) in [6.45, 7) is 13.7. The summed E-state index contributed by atoms with van der Waals surface area (Å²) in [4.78, 5) is 0. The van der Waals surface area contributed by atoms with Gasteiger partial charge in [0.2, 0.25) is 0 Å². The third-order valence-electron chi connectivity index (χ3n) is 6.06. The lowest BCUT2D eigenvalue weighted by molar-refractivity contribution is 0.732. The van der Waals surface area contributed by atoms with Crippen molar-refractivity contribution >= 4 is 18.2 Å². The molecule has 0 amide bonds. The second-order valence-corrected chi connectivity index (χ2v) is 8.07. The zero-order chi connectivity index (χ0) is 19.6. The van der Waals surface area contributed by atoms with Crippen LogP contribution in [0.4, 0.5) is 0 Å². The number of rotatable bonds is 5. The molecule has 1 atom stereocenters. The van der Waals surface area contributed by atoms with E-state index in [4.69, 9.17) is 0 Å². The molecule has 0 saturated carbocycles. The molecule has 27 heavy (non-hydrogen) atoms. The average molecular weight is 354 g/mol. The van der Waals surface area contributed by atoms with Crippen LogP contribution in [0.15, 0.2) is 54.6 Å². The van der Waals surface area contributed by atoms with Crippen molar-refractivity contribution in [3.8, 4) is 11.1 Å². The highest BCUT2D eigenvalue weighted by Crippen LogP contribution is 2.22. The highest BCUT2D eigenvalue weighted by atomic mass is 14.1. The summed E-state index contributed by atoms with van der Waals surface area (Å²) in [6, 6.07) is 20.2. The summed E-state index contributed by atoms with van der Waals surface area (Å²) in [7, 11) is 1.02. The van der Waals surface area contributed by atoms with E-state index in [1.807, 2.05) is 0 Å². The normalized spacial score (nSPS) is 12.1. The summed E-state index contributed by atoms with van der Waals surface area (Å²) < 4.78 is 0. The lowest BCUT2D eigenvalue weighted by Gasteiger charge is -2.18. The van der Waals surface area contributed by atoms with Crippen molar-refractivity contribution < 1.29 is 0 Å². The third kappa shape index (κ3) is 4.19. The topological polar surface area (TPSA) is 0 Å². The fourth-order valence-corrected chi connectivity index (χ4v) is 4.07. The van der Waals surface area contributed by atoms with Crippen LogP contribution >= 0.6 is 0 Å². The largest absolute Gasteiger partial charge is 0.193 e. The molecule has 0 heterocycles. The van der Waals surface area contributed by atoms with Crippen LogP contribution in [0.5, 0.6) is 0 Å². The van der Waals surface area contributed by atoms with Gasteiger partial charge in [0.15, 0.2) is 7.28 Å². The van der Waals surface area contributed by atoms with Crippen LogP contribution in [0.3, 0.4) is 0 Å². The maximum atomic E-state index is 2.40. The van der Waals surface area contributed by atoms with Crippen LogP contribution in [0.1, 0.15) is 54.0 Å². The van der Waals surface area contributed by atoms with E-state index in [1.54, 1.807) is 0 Å². The van der Waals surface area contributed by atoms with E-state index in [0.29, 0.717) is 5.92 Å². The molecule has 0 aliphatic heterocycles. The first-order chi connectivity index (χ1) is 12.9. The molecule has 0 aliphatic rings. The van der Waals surface area contributed by atoms with Gasteiger partial charge in [-0.2, -0.15) is 0 Å². The maximum Gasteiger partial charge on any atom is 0.193 e. The standard InChI is InChI=1S/C26H31B/c1-7-17(2)23-13-18(3)25(19(4)14-23)27-26-20(5)15-24(16-21(26)6)22-11-9-8-10-12-22/h8-17,27H,7H2,1-6H3. The first kappa shape index (κ1) is 19.5. The smallest absolute Gasteiger partial charge is 0.0728 e. The zero-order valence-electron chi connectivity index (χ0n) is 17.7. The monoisotopic (exact) mass is 354 g/mol. The fourth-order valence-electron chi connectivity index (χ4n) is 4.07. The molecule has 0 saturated heterocycles. The SMILES string of the molecule is CCC(C)c1cc(C)c(Bc2c(C)cc(-c3ccccc3)cc2C)c(C)c1. The summed E-state index contributed by atoms with van der Waals surface area (Å²) >= 11 is 0. The Hall–Kier alpha value is -2.28. The Morgan fingerprint density at radius 1 is 0.704 bits per heavy atom. The molecule has 0 nitrogen and oxygen atoms in total. The Morgan fingerprint density at radius 3 is 1.67 bits per heavy atom. The average Bonchev–Trinajstić information content (AvgIpc) is 2.66. The van der Waals surface area contributed by atoms with Crippen molar-refractivity contribution in [1.29, 1.82) is 0 Å². The molecule has 0 bridgehead atoms. The van der Waals surface area contributed by atoms with Gasteiger partial charge in [0.1, 0.15) is 0 Å². The van der Waals surface area contributed by atoms with Gasteiger partial charge < -0.3 is 0 Å². The summed E-state index contributed by atoms with van der Waals surface area (Å²) in [6.07, 6.45) is 1.19. The molecule has 138 valence electrons. The van der Waals surface area contributed by atoms with E-state index in [0.717, 1.165) is 7.28 Å². The van der Waals surface area contributed by atoms with E-state index in [1.165, 1.54) is 56.3 Å². The number of hydrogen-bond acceptors (Lipinski definition) is 0. The van der Waals surface area contributed by atoms with Crippen molar-refractivity contribution in [2.24, 2.45) is 0 Å². The molecule has 3 aromatic rings. The molecular weight excluding hydrogens is 323 g/mol. The predicted molar refractivity (Wildman–Crippen MR) is 122 cm³/mol. The first-order valence-corrected chi connectivity index (χ1v) is 10.2. The van der Waals surface area contributed by atoms with Gasteiger partial charge in [-0.1, -0.05) is 102 Å². The third-order valence-corrected chi connectivity index (χ3v) is 6.06. The van der Waals surface area contributed by atoms with E-state index >= 15 is 0 Å². The predicted octanol–water partition coefficient (Wildman–Crippen LogP) is 5.49. The van der Waals surface area contributed by atoms with Crippen molar-refractivity contribution in [1.82, 2.24) is 0 Å². The minimum atomic E-state index is 0.630. The van der Waals surface area contributed by atoms with Gasteiger partial charge in [0, 0.05) is 0 Å². The molecule has 1 unspecified atom stereocenters. The molecule has 3 aromatic carbocycles. The molecule has 0 aliphatic carbocycles. The number of aryl methyl sites for hydroxylation is 4. The van der Waals surface area contributed by atoms with Crippen LogP contribution < -0.4 is 10.9 Å². The second-order valence-electron chi connectivity index (χ2n) is 8.07. The summed E-state index contributed by atoms with van der Waals surface area (Å²) in [5.74, 6) is 0.630. The Bertz CT molecular complexity index is 892. The Morgan fingerprint density at radius 2 is 1.19 bits per heavy atom. The Balaban J connectivity index is 1.97. The number of hydrogen-bond donors (Lipinski definition) is 0. The van der Waals surface area contributed by atoms with Crippen molar-refractivity contribution in [3.05, 3.63) is 82.4 Å². The van der Waals surface area contributed by atoms with Crippen LogP contribution in [0, 0.1) is 27.7 Å². The van der Waals surface area contributed by atoms with Crippen LogP contribution in [0.2, 0.25) is 0 Å². The van der Waals surface area contributed by atoms with Crippen LogP contribution in [-0.2, 0) is 0 Å². The molecule has 1 heteroatoms. The van der Waals surface area contributed by atoms with Gasteiger partial charge in [-0.15, -0.1) is 0 Å². The highest BCUT2D eigenvalue weighted by molar-refractivity contribution is 6.69. The first-order valence-electron chi connectivity index (χ1n) is 10.2. The van der Waals surface area contributed by atoms with E-state index in [2.05, 4.69) is 96.1 Å². The maximum absolute atomic E-state index is 2.40. The molecule has 3 rings (SSSR count). The van der Waals surface area contributed by atoms with Gasteiger partial charge in [-0.25, -0.2) is 0 Å². The lowest BCUT2D eigenvalue weighted by Crippen LogP contribution is -2.34. The van der Waals surface area contributed by atoms with Gasteiger partial charge >= 0.3 is 0 Å². The minimum Gasteiger partial charge on any atom is -0.0728 e. The molecule has 0 radical (unpaired) electrons. The van der Waals surface area contributed by atoms with Crippen molar-refractivity contribution in [2.45, 2.75) is 53.9 Å². The molecule has 0 aromatic heterocycles. The Kier molecular flexibility index (Phi) is 5.90. The summed E-state index contributed by atoms with van der Waals surface area (Å²) in [5, 5.41) is 0.